The molecule has 1 amide bonds. The van der Waals surface area contributed by atoms with E-state index >= 15 is 0 Å². The number of fused-ring (bicyclic) bond motifs is 1. The Morgan fingerprint density at radius 2 is 2.08 bits per heavy atom. The smallest absolute Gasteiger partial charge is 0.312 e. The molecule has 0 fully saturated rings. The summed E-state index contributed by atoms with van der Waals surface area (Å²) in [6.07, 6.45) is -0.0973. The van der Waals surface area contributed by atoms with Gasteiger partial charge in [-0.25, -0.2) is 0 Å². The average Bonchev–Trinajstić information content (AvgIpc) is 2.62. The number of phenolic OH excluding ortho intramolecular Hbond substituents is 1. The predicted molar refractivity (Wildman–Crippen MR) is 98.5 cm³/mol. The second-order valence-corrected chi connectivity index (χ2v) is 6.62. The number of hydrogen-bond acceptors (Lipinski definition) is 5. The monoisotopic (exact) mass is 375 g/mol. The number of nitro benzene ring substituents is 1. The van der Waals surface area contributed by atoms with Crippen molar-refractivity contribution in [2.45, 2.75) is 32.5 Å². The summed E-state index contributed by atoms with van der Waals surface area (Å²) < 4.78 is 0. The summed E-state index contributed by atoms with van der Waals surface area (Å²) in [5.74, 6) is -0.710. The predicted octanol–water partition coefficient (Wildman–Crippen LogP) is 4.32. The Kier molecular flexibility index (Phi) is 4.73. The third-order valence-electron chi connectivity index (χ3n) is 4.60. The molecule has 136 valence electrons. The normalized spacial score (nSPS) is 17.4. The highest BCUT2D eigenvalue weighted by Gasteiger charge is 2.38. The number of nitrogens with one attached hydrogen (secondary N) is 1. The fourth-order valence-electron chi connectivity index (χ4n) is 3.10. The molecule has 3 rings (SSSR count). The van der Waals surface area contributed by atoms with Gasteiger partial charge in [0.2, 0.25) is 5.75 Å². The van der Waals surface area contributed by atoms with E-state index in [2.05, 4.69) is 5.32 Å². The number of amides is 1. The summed E-state index contributed by atoms with van der Waals surface area (Å²) in [4.78, 5) is 25.2. The zero-order chi connectivity index (χ0) is 19.0. The Labute approximate surface area is 155 Å². The summed E-state index contributed by atoms with van der Waals surface area (Å²) in [5, 5.41) is 25.0. The van der Waals surface area contributed by atoms with Gasteiger partial charge in [-0.05, 0) is 31.5 Å². The number of rotatable bonds is 4. The van der Waals surface area contributed by atoms with E-state index in [0.717, 1.165) is 6.07 Å². The van der Waals surface area contributed by atoms with Gasteiger partial charge in [-0.1, -0.05) is 30.7 Å². The van der Waals surface area contributed by atoms with Gasteiger partial charge in [0.1, 0.15) is 6.17 Å². The molecule has 2 N–H and O–H groups in total. The molecule has 7 nitrogen and oxygen atoms in total. The Morgan fingerprint density at radius 1 is 1.38 bits per heavy atom. The summed E-state index contributed by atoms with van der Waals surface area (Å²) in [7, 11) is 0. The number of aromatic hydroxyl groups is 1. The molecule has 0 spiro atoms. The molecule has 0 radical (unpaired) electrons. The minimum Gasteiger partial charge on any atom is -0.502 e. The van der Waals surface area contributed by atoms with Gasteiger partial charge < -0.3 is 15.3 Å². The zero-order valence-electron chi connectivity index (χ0n) is 14.3. The van der Waals surface area contributed by atoms with E-state index in [4.69, 9.17) is 11.6 Å². The van der Waals surface area contributed by atoms with E-state index in [1.807, 2.05) is 13.8 Å². The lowest BCUT2D eigenvalue weighted by Crippen LogP contribution is -2.47. The molecule has 0 bridgehead atoms. The van der Waals surface area contributed by atoms with Gasteiger partial charge in [-0.2, -0.15) is 0 Å². The SMILES string of the molecule is CC[C@H](C)N1C(=O)c2ccccc2N[C@@H]1c1cc(Cl)cc([N+](=O)[O-])c1O. The van der Waals surface area contributed by atoms with Gasteiger partial charge in [-0.15, -0.1) is 0 Å². The lowest BCUT2D eigenvalue weighted by atomic mass is 10.00. The van der Waals surface area contributed by atoms with E-state index in [0.29, 0.717) is 17.7 Å². The van der Waals surface area contributed by atoms with E-state index in [9.17, 15) is 20.0 Å². The molecular weight excluding hydrogens is 358 g/mol. The topological polar surface area (TPSA) is 95.7 Å². The largest absolute Gasteiger partial charge is 0.502 e. The Bertz CT molecular complexity index is 887. The second-order valence-electron chi connectivity index (χ2n) is 6.18. The number of nitro groups is 1. The Balaban J connectivity index is 2.19. The fourth-order valence-corrected chi connectivity index (χ4v) is 3.32. The van der Waals surface area contributed by atoms with Crippen molar-refractivity contribution >= 4 is 28.9 Å². The van der Waals surface area contributed by atoms with Crippen molar-refractivity contribution in [2.75, 3.05) is 5.32 Å². The molecular formula is C18H18ClN3O4. The van der Waals surface area contributed by atoms with Crippen LogP contribution in [-0.2, 0) is 0 Å². The number of carbonyl (C=O) groups excluding carboxylic acids is 1. The van der Waals surface area contributed by atoms with Crippen molar-refractivity contribution in [1.82, 2.24) is 4.90 Å². The van der Waals surface area contributed by atoms with Crippen LogP contribution in [0, 0.1) is 10.1 Å². The first-order valence-electron chi connectivity index (χ1n) is 8.20. The van der Waals surface area contributed by atoms with Crippen molar-refractivity contribution in [3.05, 3.63) is 62.7 Å². The van der Waals surface area contributed by atoms with E-state index in [-0.39, 0.29) is 22.5 Å². The van der Waals surface area contributed by atoms with Gasteiger partial charge in [0, 0.05) is 28.4 Å². The van der Waals surface area contributed by atoms with Crippen LogP contribution in [-0.4, -0.2) is 26.9 Å². The molecule has 0 aliphatic carbocycles. The van der Waals surface area contributed by atoms with Gasteiger partial charge in [0.15, 0.2) is 0 Å². The van der Waals surface area contributed by atoms with Crippen molar-refractivity contribution in [3.63, 3.8) is 0 Å². The molecule has 0 unspecified atom stereocenters. The van der Waals surface area contributed by atoms with E-state index in [1.54, 1.807) is 29.2 Å². The van der Waals surface area contributed by atoms with Gasteiger partial charge in [0.05, 0.1) is 10.5 Å². The number of halogens is 1. The van der Waals surface area contributed by atoms with Crippen LogP contribution in [0.15, 0.2) is 36.4 Å². The quantitative estimate of drug-likeness (QED) is 0.612. The highest BCUT2D eigenvalue weighted by atomic mass is 35.5. The van der Waals surface area contributed by atoms with Crippen molar-refractivity contribution in [3.8, 4) is 5.75 Å². The first kappa shape index (κ1) is 18.0. The summed E-state index contributed by atoms with van der Waals surface area (Å²) in [6.45, 7) is 3.83. The van der Waals surface area contributed by atoms with E-state index < -0.39 is 22.5 Å². The standard InChI is InChI=1S/C18H18ClN3O4/c1-3-10(2)21-17(20-14-7-5-4-6-12(14)18(21)24)13-8-11(19)9-15(16(13)23)22(25)26/h4-10,17,20,23H,3H2,1-2H3/t10-,17-/m0/s1. The number of para-hydroxylation sites is 1. The highest BCUT2D eigenvalue weighted by Crippen LogP contribution is 2.42. The first-order valence-corrected chi connectivity index (χ1v) is 8.58. The summed E-state index contributed by atoms with van der Waals surface area (Å²) in [5.41, 5.74) is 0.807. The molecule has 1 heterocycles. The lowest BCUT2D eigenvalue weighted by Gasteiger charge is -2.41. The molecule has 0 aromatic heterocycles. The molecule has 8 heteroatoms. The lowest BCUT2D eigenvalue weighted by molar-refractivity contribution is -0.386. The van der Waals surface area contributed by atoms with Gasteiger partial charge in [0.25, 0.3) is 5.91 Å². The highest BCUT2D eigenvalue weighted by molar-refractivity contribution is 6.31. The first-order chi connectivity index (χ1) is 12.3. The molecule has 26 heavy (non-hydrogen) atoms. The molecule has 1 aliphatic heterocycles. The zero-order valence-corrected chi connectivity index (χ0v) is 15.0. The Hall–Kier alpha value is -2.80. The molecule has 2 aromatic carbocycles. The minimum absolute atomic E-state index is 0.113. The van der Waals surface area contributed by atoms with Gasteiger partial charge >= 0.3 is 5.69 Å². The molecule has 0 saturated carbocycles. The minimum atomic E-state index is -0.773. The molecule has 2 atom stereocenters. The molecule has 2 aromatic rings. The molecule has 0 saturated heterocycles. The van der Waals surface area contributed by atoms with Crippen LogP contribution in [0.2, 0.25) is 5.02 Å². The number of benzene rings is 2. The third-order valence-corrected chi connectivity index (χ3v) is 4.82. The number of carbonyl (C=O) groups is 1. The Morgan fingerprint density at radius 3 is 2.73 bits per heavy atom. The molecule has 1 aliphatic rings. The fraction of sp³-hybridized carbons (Fsp3) is 0.278. The maximum atomic E-state index is 13.1. The number of hydrogen-bond donors (Lipinski definition) is 2. The van der Waals surface area contributed by atoms with Gasteiger partial charge in [-0.3, -0.25) is 14.9 Å². The number of phenols is 1. The summed E-state index contributed by atoms with van der Waals surface area (Å²) in [6, 6.07) is 9.40. The van der Waals surface area contributed by atoms with E-state index in [1.165, 1.54) is 6.07 Å². The van der Waals surface area contributed by atoms with Crippen LogP contribution in [0.5, 0.6) is 5.75 Å². The van der Waals surface area contributed by atoms with Crippen LogP contribution in [0.1, 0.15) is 42.4 Å². The van der Waals surface area contributed by atoms with Crippen LogP contribution in [0.3, 0.4) is 0 Å². The van der Waals surface area contributed by atoms with Crippen LogP contribution in [0.4, 0.5) is 11.4 Å². The van der Waals surface area contributed by atoms with Crippen molar-refractivity contribution in [1.29, 1.82) is 0 Å². The average molecular weight is 376 g/mol. The number of nitrogens with zero attached hydrogens (tertiary/aromatic N) is 2. The number of anilines is 1. The van der Waals surface area contributed by atoms with Crippen LogP contribution >= 0.6 is 11.6 Å². The van der Waals surface area contributed by atoms with Crippen molar-refractivity contribution < 1.29 is 14.8 Å². The van der Waals surface area contributed by atoms with Crippen LogP contribution < -0.4 is 5.32 Å². The second kappa shape index (κ2) is 6.84. The summed E-state index contributed by atoms with van der Waals surface area (Å²) >= 11 is 6.04. The van der Waals surface area contributed by atoms with Crippen molar-refractivity contribution in [2.24, 2.45) is 0 Å². The van der Waals surface area contributed by atoms with Crippen LogP contribution in [0.25, 0.3) is 0 Å². The maximum Gasteiger partial charge on any atom is 0.312 e. The maximum absolute atomic E-state index is 13.1. The third kappa shape index (κ3) is 2.94.